The summed E-state index contributed by atoms with van der Waals surface area (Å²) in [5.41, 5.74) is -0.441. The number of pyridine rings is 1. The van der Waals surface area contributed by atoms with E-state index in [0.717, 1.165) is 23.6 Å². The lowest BCUT2D eigenvalue weighted by Crippen LogP contribution is -2.51. The van der Waals surface area contributed by atoms with Gasteiger partial charge in [-0.1, -0.05) is 30.3 Å². The number of carbonyl (C=O) groups is 2. The summed E-state index contributed by atoms with van der Waals surface area (Å²) in [5, 5.41) is 14.8. The predicted octanol–water partition coefficient (Wildman–Crippen LogP) is 4.36. The van der Waals surface area contributed by atoms with E-state index in [1.807, 2.05) is 12.1 Å². The van der Waals surface area contributed by atoms with Crippen molar-refractivity contribution in [2.45, 2.75) is 24.1 Å². The highest BCUT2D eigenvalue weighted by atomic mass is 19.4. The first-order chi connectivity index (χ1) is 18.8. The van der Waals surface area contributed by atoms with Crippen molar-refractivity contribution < 1.29 is 37.0 Å². The molecule has 1 aromatic heterocycles. The molecule has 5 rings (SSSR count). The van der Waals surface area contributed by atoms with Crippen LogP contribution in [0.2, 0.25) is 0 Å². The number of alkyl halides is 3. The number of nitrogens with zero attached hydrogens (tertiary/aromatic N) is 1. The fourth-order valence-corrected chi connectivity index (χ4v) is 4.58. The molecule has 0 radical (unpaired) electrons. The predicted molar refractivity (Wildman–Crippen MR) is 138 cm³/mol. The maximum absolute atomic E-state index is 14.5. The van der Waals surface area contributed by atoms with Crippen LogP contribution in [0.5, 0.6) is 5.75 Å². The van der Waals surface area contributed by atoms with Gasteiger partial charge in [-0.2, -0.15) is 13.2 Å². The van der Waals surface area contributed by atoms with Crippen LogP contribution in [-0.4, -0.2) is 41.2 Å². The van der Waals surface area contributed by atoms with E-state index < -0.39 is 47.1 Å². The number of rotatable bonds is 6. The van der Waals surface area contributed by atoms with Crippen LogP contribution in [0.15, 0.2) is 72.8 Å². The Morgan fingerprint density at radius 3 is 2.38 bits per heavy atom. The van der Waals surface area contributed by atoms with Crippen LogP contribution in [0, 0.1) is 5.82 Å². The van der Waals surface area contributed by atoms with Gasteiger partial charge in [0.05, 0.1) is 12.2 Å². The zero-order chi connectivity index (χ0) is 28.9. The maximum atomic E-state index is 14.5. The van der Waals surface area contributed by atoms with E-state index in [1.54, 1.807) is 18.2 Å². The van der Waals surface area contributed by atoms with E-state index in [9.17, 15) is 32.3 Å². The lowest BCUT2D eigenvalue weighted by molar-refractivity contribution is -0.265. The van der Waals surface area contributed by atoms with Crippen LogP contribution in [-0.2, 0) is 15.8 Å². The second-order valence-electron chi connectivity index (χ2n) is 9.83. The second kappa shape index (κ2) is 9.60. The van der Waals surface area contributed by atoms with Crippen molar-refractivity contribution >= 4 is 22.6 Å². The van der Waals surface area contributed by atoms with Crippen molar-refractivity contribution in [1.29, 1.82) is 0 Å². The number of halogens is 4. The third-order valence-corrected chi connectivity index (χ3v) is 7.14. The summed E-state index contributed by atoms with van der Waals surface area (Å²) in [7, 11) is 0. The van der Waals surface area contributed by atoms with Gasteiger partial charge in [-0.3, -0.25) is 9.59 Å². The van der Waals surface area contributed by atoms with E-state index in [-0.39, 0.29) is 34.7 Å². The van der Waals surface area contributed by atoms with Crippen LogP contribution in [0.4, 0.5) is 17.6 Å². The van der Waals surface area contributed by atoms with Gasteiger partial charge in [0.1, 0.15) is 29.3 Å². The van der Waals surface area contributed by atoms with Gasteiger partial charge in [-0.25, -0.2) is 9.37 Å². The summed E-state index contributed by atoms with van der Waals surface area (Å²) in [5.74, 6) is -2.32. The zero-order valence-corrected chi connectivity index (χ0v) is 21.1. The van der Waals surface area contributed by atoms with Gasteiger partial charge in [0.15, 0.2) is 0 Å². The van der Waals surface area contributed by atoms with Crippen LogP contribution in [0.1, 0.15) is 28.5 Å². The van der Waals surface area contributed by atoms with E-state index in [1.165, 1.54) is 31.2 Å². The topological polar surface area (TPSA) is 115 Å². The molecule has 0 saturated heterocycles. The molecule has 0 bridgehead atoms. The highest BCUT2D eigenvalue weighted by Crippen LogP contribution is 2.47. The molecule has 0 fully saturated rings. The Labute approximate surface area is 225 Å². The van der Waals surface area contributed by atoms with Crippen LogP contribution in [0.25, 0.3) is 22.0 Å². The molecule has 7 nitrogen and oxygen atoms in total. The van der Waals surface area contributed by atoms with Crippen LogP contribution in [0.3, 0.4) is 0 Å². The summed E-state index contributed by atoms with van der Waals surface area (Å²) >= 11 is 0. The Hall–Kier alpha value is -4.51. The molecule has 3 aromatic carbocycles. The van der Waals surface area contributed by atoms with E-state index in [2.05, 4.69) is 10.3 Å². The van der Waals surface area contributed by atoms with Crippen molar-refractivity contribution in [2.75, 3.05) is 13.2 Å². The van der Waals surface area contributed by atoms with E-state index in [0.29, 0.717) is 5.39 Å². The Kier molecular flexibility index (Phi) is 6.49. The molecule has 1 aliphatic rings. The molecule has 206 valence electrons. The highest BCUT2D eigenvalue weighted by Gasteiger charge is 2.57. The van der Waals surface area contributed by atoms with Crippen molar-refractivity contribution in [1.82, 2.24) is 10.3 Å². The number of primary amides is 1. The Balaban J connectivity index is 1.58. The first-order valence-corrected chi connectivity index (χ1v) is 12.1. The molecule has 2 amide bonds. The largest absolute Gasteiger partial charge is 0.489 e. The smallest absolute Gasteiger partial charge is 0.424 e. The van der Waals surface area contributed by atoms with Gasteiger partial charge in [0.25, 0.3) is 5.91 Å². The van der Waals surface area contributed by atoms with Crippen molar-refractivity contribution in [2.24, 2.45) is 5.73 Å². The number of nitrogens with two attached hydrogens (primary N) is 1. The minimum atomic E-state index is -5.31. The number of ether oxygens (including phenoxy) is 1. The molecular weight excluding hydrogens is 530 g/mol. The molecule has 2 atom stereocenters. The third-order valence-electron chi connectivity index (χ3n) is 7.14. The quantitative estimate of drug-likeness (QED) is 0.307. The fourth-order valence-electron chi connectivity index (χ4n) is 4.58. The minimum absolute atomic E-state index is 0.0126. The number of fused-ring (bicyclic) bond motifs is 2. The number of carbonyl (C=O) groups excluding carboxylic acids is 2. The summed E-state index contributed by atoms with van der Waals surface area (Å²) < 4.78 is 62.8. The number of benzene rings is 3. The monoisotopic (exact) mass is 553 g/mol. The molecular formula is C29H23F4N3O4. The number of hydrogen-bond acceptors (Lipinski definition) is 5. The summed E-state index contributed by atoms with van der Waals surface area (Å²) in [6, 6.07) is 17.4. The van der Waals surface area contributed by atoms with Crippen LogP contribution < -0.4 is 15.8 Å². The fraction of sp³-hybridized carbons (Fsp3) is 0.207. The summed E-state index contributed by atoms with van der Waals surface area (Å²) in [6.07, 6.45) is -5.31. The number of nitrogens with one attached hydrogen (secondary N) is 1. The molecule has 0 aliphatic carbocycles. The molecule has 2 heterocycles. The number of hydrogen-bond donors (Lipinski definition) is 3. The summed E-state index contributed by atoms with van der Waals surface area (Å²) in [6.45, 7) is -0.168. The molecule has 0 spiro atoms. The first kappa shape index (κ1) is 27.1. The van der Waals surface area contributed by atoms with Crippen LogP contribution >= 0.6 is 0 Å². The average Bonchev–Trinajstić information content (AvgIpc) is 3.28. The van der Waals surface area contributed by atoms with Crippen molar-refractivity contribution in [3.8, 4) is 17.0 Å². The molecule has 11 heteroatoms. The summed E-state index contributed by atoms with van der Waals surface area (Å²) in [4.78, 5) is 29.3. The van der Waals surface area contributed by atoms with E-state index >= 15 is 0 Å². The Bertz CT molecular complexity index is 1640. The molecule has 4 N–H and O–H groups in total. The Morgan fingerprint density at radius 1 is 1.05 bits per heavy atom. The van der Waals surface area contributed by atoms with Gasteiger partial charge in [0, 0.05) is 16.7 Å². The van der Waals surface area contributed by atoms with Gasteiger partial charge in [-0.05, 0) is 60.2 Å². The molecule has 4 aromatic rings. The van der Waals surface area contributed by atoms with Crippen molar-refractivity contribution in [3.63, 3.8) is 0 Å². The molecule has 1 aliphatic heterocycles. The average molecular weight is 554 g/mol. The normalized spacial score (nSPS) is 18.1. The Morgan fingerprint density at radius 2 is 1.73 bits per heavy atom. The lowest BCUT2D eigenvalue weighted by Gasteiger charge is -2.31. The highest BCUT2D eigenvalue weighted by molar-refractivity contribution is 5.98. The molecule has 40 heavy (non-hydrogen) atoms. The molecule has 0 saturated carbocycles. The lowest BCUT2D eigenvalue weighted by atomic mass is 9.81. The van der Waals surface area contributed by atoms with Gasteiger partial charge in [0.2, 0.25) is 11.5 Å². The number of amides is 2. The first-order valence-electron chi connectivity index (χ1n) is 12.1. The standard InChI is InChI=1S/C29H23F4N3O4/c1-27(26(34)38)15-40-24-21(27)13-22(36-23(24)17-8-10-20(30)11-9-17)28(39,29(31,32)33)14-35-25(37)19-7-6-16-4-2-3-5-18(16)12-19/h2-13,39H,14-15H2,1H3,(H2,34,38)(H,35,37)/t27-,28?/m0/s1. The number of aromatic nitrogens is 1. The van der Waals surface area contributed by atoms with Gasteiger partial charge in [-0.15, -0.1) is 0 Å². The molecule has 1 unspecified atom stereocenters. The van der Waals surface area contributed by atoms with Crippen molar-refractivity contribution in [3.05, 3.63) is 95.4 Å². The number of aliphatic hydroxyl groups is 1. The third kappa shape index (κ3) is 4.51. The second-order valence-corrected chi connectivity index (χ2v) is 9.83. The maximum Gasteiger partial charge on any atom is 0.424 e. The van der Waals surface area contributed by atoms with Gasteiger partial charge < -0.3 is 20.9 Å². The zero-order valence-electron chi connectivity index (χ0n) is 21.1. The minimum Gasteiger partial charge on any atom is -0.489 e. The SMILES string of the molecule is C[C@]1(C(N)=O)COc2c1cc(C(O)(CNC(=O)c1ccc3ccccc3c1)C(F)(F)F)nc2-c1ccc(F)cc1. The van der Waals surface area contributed by atoms with E-state index in [4.69, 9.17) is 10.5 Å². The van der Waals surface area contributed by atoms with Gasteiger partial charge >= 0.3 is 6.18 Å².